The monoisotopic (exact) mass is 380 g/mol. The molecule has 7 heteroatoms. The Morgan fingerprint density at radius 2 is 1.72 bits per heavy atom. The summed E-state index contributed by atoms with van der Waals surface area (Å²) in [4.78, 5) is 0. The third kappa shape index (κ3) is 4.96. The van der Waals surface area contributed by atoms with Crippen molar-refractivity contribution in [1.29, 1.82) is 0 Å². The number of fused-ring (bicyclic) bond motifs is 1. The number of halogens is 2. The molecule has 4 nitrogen and oxygen atoms in total. The van der Waals surface area contributed by atoms with E-state index in [1.165, 1.54) is 12.1 Å². The highest BCUT2D eigenvalue weighted by Crippen LogP contribution is 2.37. The first-order chi connectivity index (χ1) is 12.1. The molecule has 0 saturated heterocycles. The minimum Gasteiger partial charge on any atom is -0.489 e. The van der Waals surface area contributed by atoms with Gasteiger partial charge in [-0.3, -0.25) is 0 Å². The molecule has 0 aromatic heterocycles. The fourth-order valence-electron chi connectivity index (χ4n) is 2.42. The lowest BCUT2D eigenvalue weighted by Gasteiger charge is -2.14. The molecule has 3 rings (SSSR count). The van der Waals surface area contributed by atoms with Crippen molar-refractivity contribution in [3.8, 4) is 11.5 Å². The van der Waals surface area contributed by atoms with Gasteiger partial charge in [-0.05, 0) is 47.6 Å². The zero-order chi connectivity index (χ0) is 17.6. The number of ether oxygens (including phenoxy) is 2. The van der Waals surface area contributed by atoms with E-state index in [9.17, 15) is 4.39 Å². The van der Waals surface area contributed by atoms with Gasteiger partial charge in [-0.25, -0.2) is 4.39 Å². The Labute approximate surface area is 156 Å². The van der Waals surface area contributed by atoms with Crippen LogP contribution in [0.15, 0.2) is 36.4 Å². The lowest BCUT2D eigenvalue weighted by molar-refractivity contribution is 0.297. The van der Waals surface area contributed by atoms with Crippen LogP contribution in [0.5, 0.6) is 11.5 Å². The van der Waals surface area contributed by atoms with Gasteiger partial charge >= 0.3 is 0 Å². The van der Waals surface area contributed by atoms with Gasteiger partial charge in [0.2, 0.25) is 0 Å². The van der Waals surface area contributed by atoms with Crippen molar-refractivity contribution in [3.05, 3.63) is 58.4 Å². The Kier molecular flexibility index (Phi) is 5.94. The molecule has 132 valence electrons. The maximum atomic E-state index is 12.9. The molecule has 0 fully saturated rings. The van der Waals surface area contributed by atoms with Gasteiger partial charge in [-0.1, -0.05) is 23.7 Å². The molecule has 2 N–H and O–H groups in total. The molecule has 0 unspecified atom stereocenters. The third-order valence-electron chi connectivity index (χ3n) is 3.68. The first-order valence-corrected chi connectivity index (χ1v) is 8.74. The van der Waals surface area contributed by atoms with Crippen molar-refractivity contribution >= 4 is 28.9 Å². The summed E-state index contributed by atoms with van der Waals surface area (Å²) in [5, 5.41) is 7.24. The maximum Gasteiger partial charge on any atom is 0.179 e. The average molecular weight is 381 g/mol. The zero-order valence-electron chi connectivity index (χ0n) is 13.5. The van der Waals surface area contributed by atoms with Crippen molar-refractivity contribution in [3.63, 3.8) is 0 Å². The van der Waals surface area contributed by atoms with E-state index in [4.69, 9.17) is 33.3 Å². The maximum absolute atomic E-state index is 12.9. The molecule has 1 aliphatic heterocycles. The van der Waals surface area contributed by atoms with E-state index in [1.807, 2.05) is 12.1 Å². The SMILES string of the molecule is Fc1ccc(CNC(=S)NCc2cc(Cl)c3c(c2)OCCCO3)cc1. The van der Waals surface area contributed by atoms with Crippen LogP contribution in [0.3, 0.4) is 0 Å². The van der Waals surface area contributed by atoms with E-state index in [0.29, 0.717) is 47.9 Å². The van der Waals surface area contributed by atoms with Crippen LogP contribution in [-0.4, -0.2) is 18.3 Å². The Morgan fingerprint density at radius 1 is 1.04 bits per heavy atom. The average Bonchev–Trinajstić information content (AvgIpc) is 2.85. The van der Waals surface area contributed by atoms with Crippen LogP contribution >= 0.6 is 23.8 Å². The van der Waals surface area contributed by atoms with Gasteiger partial charge < -0.3 is 20.1 Å². The zero-order valence-corrected chi connectivity index (χ0v) is 15.1. The lowest BCUT2D eigenvalue weighted by Crippen LogP contribution is -2.34. The fraction of sp³-hybridized carbons (Fsp3) is 0.278. The minimum atomic E-state index is -0.254. The topological polar surface area (TPSA) is 42.5 Å². The third-order valence-corrected chi connectivity index (χ3v) is 4.25. The summed E-state index contributed by atoms with van der Waals surface area (Å²) < 4.78 is 24.2. The second-order valence-electron chi connectivity index (χ2n) is 5.62. The highest BCUT2D eigenvalue weighted by molar-refractivity contribution is 7.80. The van der Waals surface area contributed by atoms with Gasteiger partial charge in [0.05, 0.1) is 18.2 Å². The van der Waals surface area contributed by atoms with Gasteiger partial charge in [0.15, 0.2) is 16.6 Å². The second-order valence-corrected chi connectivity index (χ2v) is 6.43. The molecule has 0 radical (unpaired) electrons. The number of benzene rings is 2. The molecule has 0 atom stereocenters. The molecule has 0 bridgehead atoms. The van der Waals surface area contributed by atoms with Crippen LogP contribution in [0.25, 0.3) is 0 Å². The lowest BCUT2D eigenvalue weighted by atomic mass is 10.2. The van der Waals surface area contributed by atoms with Crippen LogP contribution in [0.4, 0.5) is 4.39 Å². The van der Waals surface area contributed by atoms with E-state index < -0.39 is 0 Å². The highest BCUT2D eigenvalue weighted by atomic mass is 35.5. The number of hydrogen-bond donors (Lipinski definition) is 2. The standard InChI is InChI=1S/C18H18ClFN2O2S/c19-15-8-13(9-16-17(15)24-7-1-6-23-16)11-22-18(25)21-10-12-2-4-14(20)5-3-12/h2-5,8-9H,1,6-7,10-11H2,(H2,21,22,25). The van der Waals surface area contributed by atoms with Crippen molar-refractivity contribution in [2.45, 2.75) is 19.5 Å². The highest BCUT2D eigenvalue weighted by Gasteiger charge is 2.15. The number of rotatable bonds is 4. The molecular formula is C18H18ClFN2O2S. The second kappa shape index (κ2) is 8.36. The van der Waals surface area contributed by atoms with Crippen LogP contribution in [0.2, 0.25) is 5.02 Å². The van der Waals surface area contributed by atoms with E-state index in [1.54, 1.807) is 12.1 Å². The molecule has 0 saturated carbocycles. The Morgan fingerprint density at radius 3 is 2.48 bits per heavy atom. The number of nitrogens with one attached hydrogen (secondary N) is 2. The molecule has 2 aromatic carbocycles. The van der Waals surface area contributed by atoms with Crippen molar-refractivity contribution in [2.24, 2.45) is 0 Å². The van der Waals surface area contributed by atoms with Crippen molar-refractivity contribution < 1.29 is 13.9 Å². The summed E-state index contributed by atoms with van der Waals surface area (Å²) in [7, 11) is 0. The fourth-order valence-corrected chi connectivity index (χ4v) is 2.85. The quantitative estimate of drug-likeness (QED) is 0.790. The molecule has 0 spiro atoms. The summed E-state index contributed by atoms with van der Waals surface area (Å²) in [6, 6.07) is 10.0. The molecule has 25 heavy (non-hydrogen) atoms. The predicted octanol–water partition coefficient (Wildman–Crippen LogP) is 3.80. The number of thiocarbonyl (C=S) groups is 1. The van der Waals surface area contributed by atoms with Crippen molar-refractivity contribution in [2.75, 3.05) is 13.2 Å². The minimum absolute atomic E-state index is 0.254. The summed E-state index contributed by atoms with van der Waals surface area (Å²) >= 11 is 11.5. The van der Waals surface area contributed by atoms with Crippen LogP contribution in [-0.2, 0) is 13.1 Å². The molecule has 0 aliphatic carbocycles. The van der Waals surface area contributed by atoms with E-state index in [2.05, 4.69) is 10.6 Å². The van der Waals surface area contributed by atoms with E-state index >= 15 is 0 Å². The smallest absolute Gasteiger partial charge is 0.179 e. The Balaban J connectivity index is 1.54. The van der Waals surface area contributed by atoms with Gasteiger partial charge in [-0.15, -0.1) is 0 Å². The molecule has 1 heterocycles. The summed E-state index contributed by atoms with van der Waals surface area (Å²) in [5.41, 5.74) is 1.89. The summed E-state index contributed by atoms with van der Waals surface area (Å²) in [5.74, 6) is 1.00. The first-order valence-electron chi connectivity index (χ1n) is 7.96. The van der Waals surface area contributed by atoms with Gasteiger partial charge in [-0.2, -0.15) is 0 Å². The molecular weight excluding hydrogens is 363 g/mol. The normalized spacial score (nSPS) is 13.0. The van der Waals surface area contributed by atoms with Crippen molar-refractivity contribution in [1.82, 2.24) is 10.6 Å². The van der Waals surface area contributed by atoms with Gasteiger partial charge in [0.1, 0.15) is 5.82 Å². The van der Waals surface area contributed by atoms with Crippen LogP contribution in [0, 0.1) is 5.82 Å². The molecule has 1 aliphatic rings. The summed E-state index contributed by atoms with van der Waals surface area (Å²) in [6.45, 7) is 2.24. The van der Waals surface area contributed by atoms with Crippen LogP contribution < -0.4 is 20.1 Å². The Bertz CT molecular complexity index is 755. The molecule has 2 aromatic rings. The first kappa shape index (κ1) is 17.8. The van der Waals surface area contributed by atoms with E-state index in [-0.39, 0.29) is 5.82 Å². The number of hydrogen-bond acceptors (Lipinski definition) is 3. The van der Waals surface area contributed by atoms with Gasteiger partial charge in [0.25, 0.3) is 0 Å². The van der Waals surface area contributed by atoms with Crippen LogP contribution in [0.1, 0.15) is 17.5 Å². The predicted molar refractivity (Wildman–Crippen MR) is 99.7 cm³/mol. The largest absolute Gasteiger partial charge is 0.489 e. The Hall–Kier alpha value is -2.05. The molecule has 0 amide bonds. The summed E-state index contributed by atoms with van der Waals surface area (Å²) in [6.07, 6.45) is 0.829. The van der Waals surface area contributed by atoms with E-state index in [0.717, 1.165) is 17.5 Å². The van der Waals surface area contributed by atoms with Gasteiger partial charge in [0, 0.05) is 19.5 Å².